The van der Waals surface area contributed by atoms with Crippen molar-refractivity contribution in [3.63, 3.8) is 0 Å². The molecule has 118 valence electrons. The van der Waals surface area contributed by atoms with Crippen molar-refractivity contribution in [1.29, 1.82) is 0 Å². The van der Waals surface area contributed by atoms with Crippen molar-refractivity contribution in [3.05, 3.63) is 35.9 Å². The van der Waals surface area contributed by atoms with E-state index >= 15 is 0 Å². The summed E-state index contributed by atoms with van der Waals surface area (Å²) in [6, 6.07) is 9.01. The zero-order valence-electron chi connectivity index (χ0n) is 12.8. The lowest BCUT2D eigenvalue weighted by Crippen LogP contribution is -2.51. The van der Waals surface area contributed by atoms with E-state index in [1.54, 1.807) is 0 Å². The van der Waals surface area contributed by atoms with E-state index in [4.69, 9.17) is 9.47 Å². The number of piperidine rings is 1. The SMILES string of the molecule is COC(=O)[C@H]1CC2(CCN1C(=O)OCc1ccccc1)CC2. The van der Waals surface area contributed by atoms with E-state index in [-0.39, 0.29) is 18.0 Å². The molecular formula is C17H21NO4. The first-order valence-electron chi connectivity index (χ1n) is 7.69. The first-order chi connectivity index (χ1) is 10.6. The van der Waals surface area contributed by atoms with Crippen molar-refractivity contribution in [2.45, 2.75) is 38.3 Å². The van der Waals surface area contributed by atoms with Crippen LogP contribution >= 0.6 is 0 Å². The van der Waals surface area contributed by atoms with Gasteiger partial charge in [-0.25, -0.2) is 9.59 Å². The molecule has 1 amide bonds. The number of likely N-dealkylation sites (tertiary alicyclic amines) is 1. The van der Waals surface area contributed by atoms with Crippen LogP contribution in [0.1, 0.15) is 31.2 Å². The predicted molar refractivity (Wildman–Crippen MR) is 80.0 cm³/mol. The van der Waals surface area contributed by atoms with Gasteiger partial charge in [0.2, 0.25) is 0 Å². The number of hydrogen-bond acceptors (Lipinski definition) is 4. The van der Waals surface area contributed by atoms with E-state index in [0.717, 1.165) is 24.8 Å². The second-order valence-electron chi connectivity index (χ2n) is 6.23. The summed E-state index contributed by atoms with van der Waals surface area (Å²) >= 11 is 0. The van der Waals surface area contributed by atoms with Gasteiger partial charge in [-0.2, -0.15) is 0 Å². The Balaban J connectivity index is 1.63. The first kappa shape index (κ1) is 14.9. The van der Waals surface area contributed by atoms with Crippen LogP contribution in [0, 0.1) is 5.41 Å². The van der Waals surface area contributed by atoms with Gasteiger partial charge in [-0.1, -0.05) is 30.3 Å². The Morgan fingerprint density at radius 2 is 1.95 bits per heavy atom. The topological polar surface area (TPSA) is 55.8 Å². The molecule has 1 saturated carbocycles. The molecule has 1 aromatic rings. The maximum atomic E-state index is 12.3. The van der Waals surface area contributed by atoms with Gasteiger partial charge in [0, 0.05) is 6.54 Å². The minimum atomic E-state index is -0.510. The molecule has 1 aliphatic heterocycles. The average Bonchev–Trinajstić information content (AvgIpc) is 3.31. The van der Waals surface area contributed by atoms with Gasteiger partial charge in [0.15, 0.2) is 0 Å². The summed E-state index contributed by atoms with van der Waals surface area (Å²) in [5.41, 5.74) is 1.19. The van der Waals surface area contributed by atoms with E-state index < -0.39 is 12.1 Å². The summed E-state index contributed by atoms with van der Waals surface area (Å²) in [7, 11) is 1.37. The molecule has 2 aliphatic rings. The van der Waals surface area contributed by atoms with Gasteiger partial charge in [0.05, 0.1) is 7.11 Å². The molecule has 5 heteroatoms. The molecule has 5 nitrogen and oxygen atoms in total. The highest BCUT2D eigenvalue weighted by atomic mass is 16.6. The molecule has 0 aromatic heterocycles. The third-order valence-electron chi connectivity index (χ3n) is 4.76. The summed E-state index contributed by atoms with van der Waals surface area (Å²) in [5, 5.41) is 0. The highest BCUT2D eigenvalue weighted by molar-refractivity contribution is 5.81. The molecule has 3 rings (SSSR count). The monoisotopic (exact) mass is 303 g/mol. The number of amides is 1. The maximum absolute atomic E-state index is 12.3. The standard InChI is InChI=1S/C17H21NO4/c1-21-15(19)14-11-17(7-8-17)9-10-18(14)16(20)22-12-13-5-3-2-4-6-13/h2-6,14H,7-12H2,1H3/t14-/m1/s1. The normalized spacial score (nSPS) is 22.2. The molecule has 1 aliphatic carbocycles. The third-order valence-corrected chi connectivity index (χ3v) is 4.76. The zero-order valence-corrected chi connectivity index (χ0v) is 12.8. The lowest BCUT2D eigenvalue weighted by Gasteiger charge is -2.37. The lowest BCUT2D eigenvalue weighted by atomic mass is 9.88. The summed E-state index contributed by atoms with van der Waals surface area (Å²) < 4.78 is 10.2. The van der Waals surface area contributed by atoms with E-state index in [2.05, 4.69) is 0 Å². The van der Waals surface area contributed by atoms with Gasteiger partial charge < -0.3 is 9.47 Å². The van der Waals surface area contributed by atoms with Gasteiger partial charge >= 0.3 is 12.1 Å². The highest BCUT2D eigenvalue weighted by Crippen LogP contribution is 2.55. The van der Waals surface area contributed by atoms with Gasteiger partial charge in [-0.15, -0.1) is 0 Å². The Morgan fingerprint density at radius 3 is 2.59 bits per heavy atom. The Labute approximate surface area is 130 Å². The molecule has 1 heterocycles. The Bertz CT molecular complexity index is 553. The lowest BCUT2D eigenvalue weighted by molar-refractivity contribution is -0.148. The first-order valence-corrected chi connectivity index (χ1v) is 7.69. The smallest absolute Gasteiger partial charge is 0.410 e. The van der Waals surface area contributed by atoms with Gasteiger partial charge in [0.1, 0.15) is 12.6 Å². The Morgan fingerprint density at radius 1 is 1.23 bits per heavy atom. The fourth-order valence-corrected chi connectivity index (χ4v) is 3.13. The second-order valence-corrected chi connectivity index (χ2v) is 6.23. The number of esters is 1. The van der Waals surface area contributed by atoms with Crippen molar-refractivity contribution < 1.29 is 19.1 Å². The van der Waals surface area contributed by atoms with Gasteiger partial charge in [0.25, 0.3) is 0 Å². The number of carbonyl (C=O) groups excluding carboxylic acids is 2. The molecule has 1 atom stereocenters. The molecule has 0 unspecified atom stereocenters. The van der Waals surface area contributed by atoms with Crippen molar-refractivity contribution in [2.75, 3.05) is 13.7 Å². The van der Waals surface area contributed by atoms with Crippen LogP contribution in [0.4, 0.5) is 4.79 Å². The summed E-state index contributed by atoms with van der Waals surface area (Å²) in [5.74, 6) is -0.345. The maximum Gasteiger partial charge on any atom is 0.410 e. The minimum absolute atomic E-state index is 0.217. The van der Waals surface area contributed by atoms with Crippen LogP contribution < -0.4 is 0 Å². The molecule has 2 fully saturated rings. The number of carbonyl (C=O) groups is 2. The molecule has 0 N–H and O–H groups in total. The molecule has 1 saturated heterocycles. The number of methoxy groups -OCH3 is 1. The fraction of sp³-hybridized carbons (Fsp3) is 0.529. The molecular weight excluding hydrogens is 282 g/mol. The van der Waals surface area contributed by atoms with Gasteiger partial charge in [-0.05, 0) is 36.7 Å². The number of benzene rings is 1. The molecule has 0 radical (unpaired) electrons. The van der Waals surface area contributed by atoms with Crippen LogP contribution in [-0.4, -0.2) is 36.7 Å². The number of hydrogen-bond donors (Lipinski definition) is 0. The third kappa shape index (κ3) is 3.08. The summed E-state index contributed by atoms with van der Waals surface area (Å²) in [6.45, 7) is 0.780. The fourth-order valence-electron chi connectivity index (χ4n) is 3.13. The quantitative estimate of drug-likeness (QED) is 0.806. The molecule has 1 aromatic carbocycles. The van der Waals surface area contributed by atoms with Crippen LogP contribution in [0.5, 0.6) is 0 Å². The number of nitrogens with zero attached hydrogens (tertiary/aromatic N) is 1. The van der Waals surface area contributed by atoms with Gasteiger partial charge in [-0.3, -0.25) is 4.90 Å². The van der Waals surface area contributed by atoms with Crippen LogP contribution in [-0.2, 0) is 20.9 Å². The van der Waals surface area contributed by atoms with Crippen molar-refractivity contribution in [1.82, 2.24) is 4.90 Å². The molecule has 1 spiro atoms. The minimum Gasteiger partial charge on any atom is -0.467 e. The summed E-state index contributed by atoms with van der Waals surface area (Å²) in [6.07, 6.45) is 3.50. The second kappa shape index (κ2) is 5.99. The van der Waals surface area contributed by atoms with Crippen molar-refractivity contribution >= 4 is 12.1 Å². The molecule has 22 heavy (non-hydrogen) atoms. The van der Waals surface area contributed by atoms with E-state index in [9.17, 15) is 9.59 Å². The van der Waals surface area contributed by atoms with Crippen molar-refractivity contribution in [3.8, 4) is 0 Å². The van der Waals surface area contributed by atoms with Crippen LogP contribution in [0.3, 0.4) is 0 Å². The number of ether oxygens (including phenoxy) is 2. The molecule has 0 bridgehead atoms. The largest absolute Gasteiger partial charge is 0.467 e. The van der Waals surface area contributed by atoms with Crippen molar-refractivity contribution in [2.24, 2.45) is 5.41 Å². The van der Waals surface area contributed by atoms with Crippen LogP contribution in [0.2, 0.25) is 0 Å². The average molecular weight is 303 g/mol. The highest BCUT2D eigenvalue weighted by Gasteiger charge is 2.51. The Kier molecular flexibility index (Phi) is 4.05. The van der Waals surface area contributed by atoms with E-state index in [1.807, 2.05) is 30.3 Å². The number of rotatable bonds is 3. The van der Waals surface area contributed by atoms with E-state index in [0.29, 0.717) is 13.0 Å². The van der Waals surface area contributed by atoms with E-state index in [1.165, 1.54) is 12.0 Å². The van der Waals surface area contributed by atoms with Crippen LogP contribution in [0.15, 0.2) is 30.3 Å². The zero-order chi connectivity index (χ0) is 15.6. The summed E-state index contributed by atoms with van der Waals surface area (Å²) in [4.78, 5) is 25.9. The Hall–Kier alpha value is -2.04. The predicted octanol–water partition coefficient (Wildman–Crippen LogP) is 2.74. The van der Waals surface area contributed by atoms with Crippen LogP contribution in [0.25, 0.3) is 0 Å².